The van der Waals surface area contributed by atoms with Crippen LogP contribution in [0.15, 0.2) is 60.7 Å². The van der Waals surface area contributed by atoms with Gasteiger partial charge in [-0.1, -0.05) is 60.7 Å². The summed E-state index contributed by atoms with van der Waals surface area (Å²) in [5.74, 6) is -1.11. The summed E-state index contributed by atoms with van der Waals surface area (Å²) in [5, 5.41) is 0. The molecule has 6 atom stereocenters. The Labute approximate surface area is 186 Å². The van der Waals surface area contributed by atoms with Crippen molar-refractivity contribution in [2.45, 2.75) is 57.5 Å². The van der Waals surface area contributed by atoms with Gasteiger partial charge in [0.05, 0.1) is 13.2 Å². The average molecular weight is 442 g/mol. The first-order valence-electron chi connectivity index (χ1n) is 10.5. The van der Waals surface area contributed by atoms with E-state index in [0.29, 0.717) is 0 Å². The standard InChI is InChI=1S/C24H26O8/c1-15(25)29-22-21(27-13-17-9-5-3-6-10-17)20-19(31-24(22)30-16(2)26)14-28-23(32-20)18-11-7-4-8-12-18/h3-12,19-24H,13-14H2,1-2H3/t19-,20+,21-,22+,23?,24?/m0/s1. The Bertz CT molecular complexity index is 903. The second kappa shape index (κ2) is 10.2. The number of carbonyl (C=O) groups is 2. The summed E-state index contributed by atoms with van der Waals surface area (Å²) < 4.78 is 35.1. The van der Waals surface area contributed by atoms with Crippen molar-refractivity contribution in [2.75, 3.05) is 6.61 Å². The highest BCUT2D eigenvalue weighted by atomic mass is 16.8. The number of benzene rings is 2. The van der Waals surface area contributed by atoms with Crippen LogP contribution in [0, 0.1) is 0 Å². The minimum atomic E-state index is -1.14. The highest BCUT2D eigenvalue weighted by molar-refractivity contribution is 5.67. The molecule has 2 heterocycles. The van der Waals surface area contributed by atoms with Crippen molar-refractivity contribution in [2.24, 2.45) is 0 Å². The van der Waals surface area contributed by atoms with Crippen LogP contribution in [-0.2, 0) is 44.6 Å². The Hall–Kier alpha value is -2.78. The van der Waals surface area contributed by atoms with E-state index in [9.17, 15) is 9.59 Å². The van der Waals surface area contributed by atoms with Gasteiger partial charge in [-0.15, -0.1) is 0 Å². The van der Waals surface area contributed by atoms with Gasteiger partial charge in [-0.2, -0.15) is 0 Å². The molecule has 2 aliphatic heterocycles. The lowest BCUT2D eigenvalue weighted by molar-refractivity contribution is -0.361. The van der Waals surface area contributed by atoms with Crippen LogP contribution in [0.4, 0.5) is 0 Å². The first kappa shape index (κ1) is 22.4. The highest BCUT2D eigenvalue weighted by Crippen LogP contribution is 2.37. The van der Waals surface area contributed by atoms with Crippen molar-refractivity contribution in [1.29, 1.82) is 0 Å². The van der Waals surface area contributed by atoms with Crippen LogP contribution in [0.25, 0.3) is 0 Å². The molecule has 0 aromatic heterocycles. The van der Waals surface area contributed by atoms with E-state index in [4.69, 9.17) is 28.4 Å². The summed E-state index contributed by atoms with van der Waals surface area (Å²) in [6.45, 7) is 2.99. The number of hydrogen-bond donors (Lipinski definition) is 0. The first-order chi connectivity index (χ1) is 15.5. The van der Waals surface area contributed by atoms with Gasteiger partial charge in [0.2, 0.25) is 6.29 Å². The number of carbonyl (C=O) groups excluding carboxylic acids is 2. The molecule has 0 bridgehead atoms. The van der Waals surface area contributed by atoms with E-state index in [0.717, 1.165) is 11.1 Å². The minimum Gasteiger partial charge on any atom is -0.453 e. The largest absolute Gasteiger partial charge is 0.453 e. The summed E-state index contributed by atoms with van der Waals surface area (Å²) in [4.78, 5) is 23.6. The van der Waals surface area contributed by atoms with E-state index in [1.165, 1.54) is 13.8 Å². The molecular weight excluding hydrogens is 416 g/mol. The predicted octanol–water partition coefficient (Wildman–Crippen LogP) is 2.91. The molecule has 8 nitrogen and oxygen atoms in total. The Morgan fingerprint density at radius 3 is 2.19 bits per heavy atom. The molecule has 2 unspecified atom stereocenters. The zero-order valence-corrected chi connectivity index (χ0v) is 17.9. The van der Waals surface area contributed by atoms with Crippen LogP contribution in [0.3, 0.4) is 0 Å². The summed E-state index contributed by atoms with van der Waals surface area (Å²) >= 11 is 0. The maximum absolute atomic E-state index is 11.9. The first-order valence-corrected chi connectivity index (χ1v) is 10.5. The van der Waals surface area contributed by atoms with Gasteiger partial charge in [0.15, 0.2) is 12.4 Å². The normalized spacial score (nSPS) is 29.6. The third-order valence-electron chi connectivity index (χ3n) is 5.22. The summed E-state index contributed by atoms with van der Waals surface area (Å²) in [7, 11) is 0. The molecule has 0 radical (unpaired) electrons. The molecule has 2 aromatic rings. The van der Waals surface area contributed by atoms with Gasteiger partial charge in [-0.25, -0.2) is 0 Å². The van der Waals surface area contributed by atoms with Crippen molar-refractivity contribution < 1.29 is 38.0 Å². The second-order valence-electron chi connectivity index (χ2n) is 7.66. The fraction of sp³-hybridized carbons (Fsp3) is 0.417. The monoisotopic (exact) mass is 442 g/mol. The molecule has 0 amide bonds. The second-order valence-corrected chi connectivity index (χ2v) is 7.66. The summed E-state index contributed by atoms with van der Waals surface area (Å²) in [6, 6.07) is 19.1. The van der Waals surface area contributed by atoms with Crippen LogP contribution in [0.5, 0.6) is 0 Å². The molecule has 0 saturated carbocycles. The van der Waals surface area contributed by atoms with Crippen molar-refractivity contribution in [3.63, 3.8) is 0 Å². The molecule has 0 spiro atoms. The Balaban J connectivity index is 1.61. The number of rotatable bonds is 6. The molecule has 2 aromatic carbocycles. The number of ether oxygens (including phenoxy) is 6. The maximum Gasteiger partial charge on any atom is 0.305 e. The topological polar surface area (TPSA) is 89.5 Å². The van der Waals surface area contributed by atoms with Gasteiger partial charge < -0.3 is 28.4 Å². The number of fused-ring (bicyclic) bond motifs is 1. The van der Waals surface area contributed by atoms with Gasteiger partial charge in [0.1, 0.15) is 18.3 Å². The average Bonchev–Trinajstić information content (AvgIpc) is 2.79. The summed E-state index contributed by atoms with van der Waals surface area (Å²) in [5.41, 5.74) is 1.78. The van der Waals surface area contributed by atoms with Crippen LogP contribution in [-0.4, -0.2) is 49.3 Å². The molecule has 2 saturated heterocycles. The smallest absolute Gasteiger partial charge is 0.305 e. The maximum atomic E-state index is 11.9. The van der Waals surface area contributed by atoms with E-state index >= 15 is 0 Å². The lowest BCUT2D eigenvalue weighted by atomic mass is 9.97. The highest BCUT2D eigenvalue weighted by Gasteiger charge is 2.53. The van der Waals surface area contributed by atoms with E-state index in [-0.39, 0.29) is 13.2 Å². The zero-order valence-electron chi connectivity index (χ0n) is 17.9. The van der Waals surface area contributed by atoms with Gasteiger partial charge in [-0.05, 0) is 5.56 Å². The fourth-order valence-corrected chi connectivity index (χ4v) is 3.86. The minimum absolute atomic E-state index is 0.194. The van der Waals surface area contributed by atoms with Crippen LogP contribution in [0.1, 0.15) is 31.3 Å². The van der Waals surface area contributed by atoms with Crippen molar-refractivity contribution in [1.82, 2.24) is 0 Å². The van der Waals surface area contributed by atoms with Crippen molar-refractivity contribution >= 4 is 11.9 Å². The van der Waals surface area contributed by atoms with Crippen LogP contribution >= 0.6 is 0 Å². The predicted molar refractivity (Wildman–Crippen MR) is 111 cm³/mol. The molecule has 32 heavy (non-hydrogen) atoms. The van der Waals surface area contributed by atoms with E-state index in [1.807, 2.05) is 60.7 Å². The third kappa shape index (κ3) is 5.34. The SMILES string of the molecule is CC(=O)OC1O[C@H]2COC(c3ccccc3)O[C@H]2[C@H](OCc2ccccc2)[C@H]1OC(C)=O. The zero-order chi connectivity index (χ0) is 22.5. The molecule has 8 heteroatoms. The summed E-state index contributed by atoms with van der Waals surface area (Å²) in [6.07, 6.45) is -4.72. The van der Waals surface area contributed by atoms with Gasteiger partial charge >= 0.3 is 11.9 Å². The molecule has 2 aliphatic rings. The third-order valence-corrected chi connectivity index (χ3v) is 5.22. The molecule has 0 N–H and O–H groups in total. The Morgan fingerprint density at radius 2 is 1.53 bits per heavy atom. The van der Waals surface area contributed by atoms with Gasteiger partial charge in [0, 0.05) is 19.4 Å². The van der Waals surface area contributed by atoms with Crippen molar-refractivity contribution in [3.8, 4) is 0 Å². The van der Waals surface area contributed by atoms with E-state index in [2.05, 4.69) is 0 Å². The Morgan fingerprint density at radius 1 is 0.875 bits per heavy atom. The van der Waals surface area contributed by atoms with Gasteiger partial charge in [-0.3, -0.25) is 9.59 Å². The van der Waals surface area contributed by atoms with Crippen molar-refractivity contribution in [3.05, 3.63) is 71.8 Å². The van der Waals surface area contributed by atoms with Gasteiger partial charge in [0.25, 0.3) is 0 Å². The lowest BCUT2D eigenvalue weighted by Crippen LogP contribution is -2.64. The molecule has 4 rings (SSSR count). The number of hydrogen-bond acceptors (Lipinski definition) is 8. The van der Waals surface area contributed by atoms with E-state index < -0.39 is 48.9 Å². The lowest BCUT2D eigenvalue weighted by Gasteiger charge is -2.48. The van der Waals surface area contributed by atoms with E-state index in [1.54, 1.807) is 0 Å². The quantitative estimate of drug-likeness (QED) is 0.631. The molecule has 170 valence electrons. The molecular formula is C24H26O8. The van der Waals surface area contributed by atoms with Crippen LogP contribution < -0.4 is 0 Å². The fourth-order valence-electron chi connectivity index (χ4n) is 3.86. The molecule has 2 fully saturated rings. The van der Waals surface area contributed by atoms with Crippen LogP contribution in [0.2, 0.25) is 0 Å². The Kier molecular flexibility index (Phi) is 7.16. The molecule has 0 aliphatic carbocycles. The number of esters is 2.